The van der Waals surface area contributed by atoms with Crippen LogP contribution in [-0.4, -0.2) is 43.8 Å². The van der Waals surface area contributed by atoms with E-state index in [0.29, 0.717) is 29.8 Å². The maximum atomic E-state index is 12.2. The van der Waals surface area contributed by atoms with Gasteiger partial charge in [0.05, 0.1) is 6.54 Å². The first-order chi connectivity index (χ1) is 14.0. The molecule has 0 aromatic heterocycles. The van der Waals surface area contributed by atoms with Gasteiger partial charge in [0.15, 0.2) is 0 Å². The minimum absolute atomic E-state index is 0.0854. The molecule has 1 aliphatic rings. The summed E-state index contributed by atoms with van der Waals surface area (Å²) in [6.45, 7) is 0.497. The van der Waals surface area contributed by atoms with Gasteiger partial charge in [-0.2, -0.15) is 0 Å². The molecule has 4 amide bonds. The molecular formula is C21H22N4O4. The summed E-state index contributed by atoms with van der Waals surface area (Å²) >= 11 is 0. The molecule has 0 saturated carbocycles. The van der Waals surface area contributed by atoms with E-state index in [1.807, 2.05) is 0 Å². The van der Waals surface area contributed by atoms with Crippen molar-refractivity contribution in [2.45, 2.75) is 12.8 Å². The van der Waals surface area contributed by atoms with Gasteiger partial charge in [0.1, 0.15) is 0 Å². The summed E-state index contributed by atoms with van der Waals surface area (Å²) in [4.78, 5) is 49.2. The summed E-state index contributed by atoms with van der Waals surface area (Å²) in [5.74, 6) is -0.891. The van der Waals surface area contributed by atoms with Crippen molar-refractivity contribution in [3.05, 3.63) is 59.7 Å². The first-order valence-corrected chi connectivity index (χ1v) is 9.28. The highest BCUT2D eigenvalue weighted by Gasteiger charge is 2.21. The fourth-order valence-electron chi connectivity index (χ4n) is 3.03. The van der Waals surface area contributed by atoms with Gasteiger partial charge in [0.2, 0.25) is 11.8 Å². The molecule has 0 unspecified atom stereocenters. The Balaban J connectivity index is 1.50. The number of nitrogens with zero attached hydrogens (tertiary/aromatic N) is 1. The third-order valence-corrected chi connectivity index (χ3v) is 4.58. The zero-order valence-corrected chi connectivity index (χ0v) is 16.0. The second-order valence-electron chi connectivity index (χ2n) is 6.58. The fourth-order valence-corrected chi connectivity index (χ4v) is 3.03. The standard InChI is InChI=1S/C21H22N4O4/c1-22-20(28)14-4-8-16(9-5-14)24-18(26)13-23-21(29)15-6-10-17(11-7-15)25-12-2-3-19(25)27/h4-11H,2-3,12-13H2,1H3,(H,22,28)(H,23,29)(H,24,26). The summed E-state index contributed by atoms with van der Waals surface area (Å²) in [5, 5.41) is 7.73. The predicted octanol–water partition coefficient (Wildman–Crippen LogP) is 1.54. The number of hydrogen-bond donors (Lipinski definition) is 3. The number of amides is 4. The van der Waals surface area contributed by atoms with Crippen molar-refractivity contribution >= 4 is 35.0 Å². The van der Waals surface area contributed by atoms with Crippen LogP contribution in [0.3, 0.4) is 0 Å². The van der Waals surface area contributed by atoms with Crippen LogP contribution in [0.4, 0.5) is 11.4 Å². The molecular weight excluding hydrogens is 372 g/mol. The molecule has 1 aliphatic heterocycles. The van der Waals surface area contributed by atoms with Gasteiger partial charge in [0.25, 0.3) is 11.8 Å². The van der Waals surface area contributed by atoms with E-state index in [2.05, 4.69) is 16.0 Å². The second kappa shape index (κ2) is 9.01. The number of carbonyl (C=O) groups excluding carboxylic acids is 4. The third-order valence-electron chi connectivity index (χ3n) is 4.58. The molecule has 0 spiro atoms. The van der Waals surface area contributed by atoms with E-state index in [0.717, 1.165) is 12.1 Å². The lowest BCUT2D eigenvalue weighted by atomic mass is 10.2. The smallest absolute Gasteiger partial charge is 0.251 e. The largest absolute Gasteiger partial charge is 0.355 e. The van der Waals surface area contributed by atoms with Gasteiger partial charge in [-0.05, 0) is 55.0 Å². The monoisotopic (exact) mass is 394 g/mol. The molecule has 8 nitrogen and oxygen atoms in total. The lowest BCUT2D eigenvalue weighted by molar-refractivity contribution is -0.117. The van der Waals surface area contributed by atoms with E-state index in [-0.39, 0.29) is 30.2 Å². The van der Waals surface area contributed by atoms with Gasteiger partial charge in [-0.1, -0.05) is 0 Å². The zero-order chi connectivity index (χ0) is 20.8. The quantitative estimate of drug-likeness (QED) is 0.691. The second-order valence-corrected chi connectivity index (χ2v) is 6.58. The van der Waals surface area contributed by atoms with Gasteiger partial charge >= 0.3 is 0 Å². The van der Waals surface area contributed by atoms with Crippen molar-refractivity contribution in [2.24, 2.45) is 0 Å². The van der Waals surface area contributed by atoms with Crippen molar-refractivity contribution in [3.63, 3.8) is 0 Å². The van der Waals surface area contributed by atoms with Crippen LogP contribution < -0.4 is 20.9 Å². The number of anilines is 2. The van der Waals surface area contributed by atoms with E-state index in [4.69, 9.17) is 0 Å². The Kier molecular flexibility index (Phi) is 6.23. The highest BCUT2D eigenvalue weighted by Crippen LogP contribution is 2.21. The van der Waals surface area contributed by atoms with Crippen LogP contribution in [0.5, 0.6) is 0 Å². The number of carbonyl (C=O) groups is 4. The Labute approximate surface area is 168 Å². The average molecular weight is 394 g/mol. The molecule has 3 rings (SSSR count). The van der Waals surface area contributed by atoms with Gasteiger partial charge < -0.3 is 20.9 Å². The molecule has 3 N–H and O–H groups in total. The van der Waals surface area contributed by atoms with E-state index in [1.165, 1.54) is 0 Å². The van der Waals surface area contributed by atoms with Crippen molar-refractivity contribution in [3.8, 4) is 0 Å². The number of nitrogens with one attached hydrogen (secondary N) is 3. The first-order valence-electron chi connectivity index (χ1n) is 9.28. The highest BCUT2D eigenvalue weighted by molar-refractivity contribution is 6.00. The van der Waals surface area contributed by atoms with Gasteiger partial charge in [-0.25, -0.2) is 0 Å². The van der Waals surface area contributed by atoms with Crippen LogP contribution in [0.2, 0.25) is 0 Å². The Morgan fingerprint density at radius 1 is 0.931 bits per heavy atom. The Morgan fingerprint density at radius 3 is 2.14 bits per heavy atom. The lowest BCUT2D eigenvalue weighted by Gasteiger charge is -2.15. The molecule has 0 radical (unpaired) electrons. The van der Waals surface area contributed by atoms with Crippen LogP contribution in [0.15, 0.2) is 48.5 Å². The number of hydrogen-bond acceptors (Lipinski definition) is 4. The molecule has 0 bridgehead atoms. The van der Waals surface area contributed by atoms with E-state index < -0.39 is 0 Å². The van der Waals surface area contributed by atoms with Crippen molar-refractivity contribution in [1.29, 1.82) is 0 Å². The highest BCUT2D eigenvalue weighted by atomic mass is 16.2. The Hall–Kier alpha value is -3.68. The summed E-state index contributed by atoms with van der Waals surface area (Å²) in [6, 6.07) is 13.1. The number of benzene rings is 2. The molecule has 29 heavy (non-hydrogen) atoms. The SMILES string of the molecule is CNC(=O)c1ccc(NC(=O)CNC(=O)c2ccc(N3CCCC3=O)cc2)cc1. The van der Waals surface area contributed by atoms with Gasteiger partial charge in [0, 0.05) is 42.5 Å². The number of rotatable bonds is 6. The Bertz CT molecular complexity index is 923. The van der Waals surface area contributed by atoms with Crippen LogP contribution in [0.25, 0.3) is 0 Å². The summed E-state index contributed by atoms with van der Waals surface area (Å²) in [6.07, 6.45) is 1.39. The Morgan fingerprint density at radius 2 is 1.55 bits per heavy atom. The molecule has 8 heteroatoms. The van der Waals surface area contributed by atoms with Crippen LogP contribution in [0, 0.1) is 0 Å². The molecule has 1 saturated heterocycles. The first kappa shape index (κ1) is 20.1. The van der Waals surface area contributed by atoms with Crippen molar-refractivity contribution < 1.29 is 19.2 Å². The maximum absolute atomic E-state index is 12.2. The molecule has 2 aromatic carbocycles. The molecule has 150 valence electrons. The molecule has 1 fully saturated rings. The van der Waals surface area contributed by atoms with Crippen LogP contribution >= 0.6 is 0 Å². The fraction of sp³-hybridized carbons (Fsp3) is 0.238. The minimum atomic E-state index is -0.384. The third kappa shape index (κ3) is 4.98. The van der Waals surface area contributed by atoms with E-state index >= 15 is 0 Å². The summed E-state index contributed by atoms with van der Waals surface area (Å²) < 4.78 is 0. The van der Waals surface area contributed by atoms with Crippen molar-refractivity contribution in [2.75, 3.05) is 30.4 Å². The average Bonchev–Trinajstić information content (AvgIpc) is 3.18. The molecule has 2 aromatic rings. The van der Waals surface area contributed by atoms with E-state index in [1.54, 1.807) is 60.5 Å². The zero-order valence-electron chi connectivity index (χ0n) is 16.0. The summed E-state index contributed by atoms with van der Waals surface area (Å²) in [5.41, 5.74) is 2.18. The molecule has 0 atom stereocenters. The van der Waals surface area contributed by atoms with Gasteiger partial charge in [-0.3, -0.25) is 19.2 Å². The molecule has 0 aliphatic carbocycles. The van der Waals surface area contributed by atoms with Crippen LogP contribution in [-0.2, 0) is 9.59 Å². The minimum Gasteiger partial charge on any atom is -0.355 e. The van der Waals surface area contributed by atoms with Gasteiger partial charge in [-0.15, -0.1) is 0 Å². The maximum Gasteiger partial charge on any atom is 0.251 e. The lowest BCUT2D eigenvalue weighted by Crippen LogP contribution is -2.33. The molecule has 1 heterocycles. The van der Waals surface area contributed by atoms with Crippen LogP contribution in [0.1, 0.15) is 33.6 Å². The summed E-state index contributed by atoms with van der Waals surface area (Å²) in [7, 11) is 1.54. The predicted molar refractivity (Wildman–Crippen MR) is 109 cm³/mol. The van der Waals surface area contributed by atoms with Crippen molar-refractivity contribution in [1.82, 2.24) is 10.6 Å². The normalized spacial score (nSPS) is 13.1. The van der Waals surface area contributed by atoms with E-state index in [9.17, 15) is 19.2 Å². The topological polar surface area (TPSA) is 108 Å².